The van der Waals surface area contributed by atoms with Crippen molar-refractivity contribution in [2.24, 2.45) is 11.7 Å². The van der Waals surface area contributed by atoms with Gasteiger partial charge in [-0.1, -0.05) is 25.4 Å². The largest absolute Gasteiger partial charge is 0.346 e. The minimum Gasteiger partial charge on any atom is -0.346 e. The summed E-state index contributed by atoms with van der Waals surface area (Å²) in [5.74, 6) is 0.365. The Morgan fingerprint density at radius 2 is 1.89 bits per heavy atom. The second-order valence-corrected chi connectivity index (χ2v) is 5.76. The van der Waals surface area contributed by atoms with E-state index >= 15 is 0 Å². The molecular weight excluding hydrogens is 283 g/mol. The highest BCUT2D eigenvalue weighted by Gasteiger charge is 2.26. The summed E-state index contributed by atoms with van der Waals surface area (Å²) in [5.41, 5.74) is 6.00. The first kappa shape index (κ1) is 18.2. The molecule has 19 heavy (non-hydrogen) atoms. The summed E-state index contributed by atoms with van der Waals surface area (Å²) in [7, 11) is 0. The van der Waals surface area contributed by atoms with Gasteiger partial charge in [-0.3, -0.25) is 4.79 Å². The van der Waals surface area contributed by atoms with Crippen LogP contribution >= 0.6 is 24.0 Å². The molecule has 1 atom stereocenters. The SMILES string of the molecule is CC(C)CC(C)(CN)NC(=O)c1ccc(Cl)cc1.Cl. The van der Waals surface area contributed by atoms with E-state index in [-0.39, 0.29) is 23.9 Å². The van der Waals surface area contributed by atoms with Crippen LogP contribution in [0.15, 0.2) is 24.3 Å². The van der Waals surface area contributed by atoms with Gasteiger partial charge in [0.15, 0.2) is 0 Å². The average molecular weight is 305 g/mol. The molecular formula is C14H22Cl2N2O. The second-order valence-electron chi connectivity index (χ2n) is 5.32. The standard InChI is InChI=1S/C14H21ClN2O.ClH/c1-10(2)8-14(3,9-16)17-13(18)11-4-6-12(15)7-5-11;/h4-7,10H,8-9,16H2,1-3H3,(H,17,18);1H. The summed E-state index contributed by atoms with van der Waals surface area (Å²) in [5, 5.41) is 3.62. The number of nitrogens with two attached hydrogens (primary N) is 1. The molecule has 0 fully saturated rings. The zero-order valence-electron chi connectivity index (χ0n) is 11.6. The summed E-state index contributed by atoms with van der Waals surface area (Å²) < 4.78 is 0. The fourth-order valence-corrected chi connectivity index (χ4v) is 2.16. The van der Waals surface area contributed by atoms with Gasteiger partial charge >= 0.3 is 0 Å². The molecule has 0 spiro atoms. The van der Waals surface area contributed by atoms with Crippen LogP contribution in [0.5, 0.6) is 0 Å². The third-order valence-corrected chi connectivity index (χ3v) is 3.08. The van der Waals surface area contributed by atoms with Crippen molar-refractivity contribution in [1.82, 2.24) is 5.32 Å². The Morgan fingerprint density at radius 1 is 1.37 bits per heavy atom. The Morgan fingerprint density at radius 3 is 2.32 bits per heavy atom. The van der Waals surface area contributed by atoms with Gasteiger partial charge in [0.05, 0.1) is 0 Å². The van der Waals surface area contributed by atoms with Gasteiger partial charge in [-0.2, -0.15) is 0 Å². The van der Waals surface area contributed by atoms with Crippen LogP contribution in [0.1, 0.15) is 37.6 Å². The lowest BCUT2D eigenvalue weighted by molar-refractivity contribution is 0.0898. The first-order valence-electron chi connectivity index (χ1n) is 6.14. The molecule has 0 aliphatic heterocycles. The molecule has 0 aromatic heterocycles. The molecule has 108 valence electrons. The van der Waals surface area contributed by atoms with Crippen LogP contribution in [-0.4, -0.2) is 18.0 Å². The molecule has 0 saturated carbocycles. The fourth-order valence-electron chi connectivity index (χ4n) is 2.03. The zero-order valence-corrected chi connectivity index (χ0v) is 13.1. The Balaban J connectivity index is 0.00000324. The summed E-state index contributed by atoms with van der Waals surface area (Å²) in [6.07, 6.45) is 0.850. The van der Waals surface area contributed by atoms with Gasteiger partial charge in [-0.15, -0.1) is 12.4 Å². The average Bonchev–Trinajstić information content (AvgIpc) is 2.28. The van der Waals surface area contributed by atoms with E-state index < -0.39 is 0 Å². The maximum atomic E-state index is 12.1. The summed E-state index contributed by atoms with van der Waals surface area (Å²) >= 11 is 5.79. The minimum atomic E-state index is -0.370. The molecule has 3 nitrogen and oxygen atoms in total. The molecule has 1 amide bonds. The van der Waals surface area contributed by atoms with Gasteiger partial charge in [-0.05, 0) is 43.5 Å². The van der Waals surface area contributed by atoms with Crippen LogP contribution < -0.4 is 11.1 Å². The molecule has 0 saturated heterocycles. The minimum absolute atomic E-state index is 0. The molecule has 3 N–H and O–H groups in total. The number of nitrogens with one attached hydrogen (secondary N) is 1. The maximum absolute atomic E-state index is 12.1. The number of carbonyl (C=O) groups is 1. The van der Waals surface area contributed by atoms with Gasteiger partial charge in [0.2, 0.25) is 0 Å². The van der Waals surface area contributed by atoms with E-state index in [2.05, 4.69) is 19.2 Å². The summed E-state index contributed by atoms with van der Waals surface area (Å²) in [6, 6.07) is 6.84. The van der Waals surface area contributed by atoms with Gasteiger partial charge < -0.3 is 11.1 Å². The second kappa shape index (κ2) is 7.73. The highest BCUT2D eigenvalue weighted by Crippen LogP contribution is 2.17. The van der Waals surface area contributed by atoms with E-state index in [9.17, 15) is 4.79 Å². The maximum Gasteiger partial charge on any atom is 0.251 e. The molecule has 0 aliphatic carbocycles. The van der Waals surface area contributed by atoms with E-state index in [1.54, 1.807) is 24.3 Å². The molecule has 0 radical (unpaired) electrons. The Bertz CT molecular complexity index is 406. The third kappa shape index (κ3) is 5.81. The predicted octanol–water partition coefficient (Wildman–Crippen LogP) is 3.26. The Kier molecular flexibility index (Phi) is 7.42. The Labute approximate surface area is 126 Å². The molecule has 1 aromatic rings. The number of hydrogen-bond acceptors (Lipinski definition) is 2. The van der Waals surface area contributed by atoms with Crippen molar-refractivity contribution in [3.05, 3.63) is 34.9 Å². The number of halogens is 2. The van der Waals surface area contributed by atoms with Crippen LogP contribution in [-0.2, 0) is 0 Å². The van der Waals surface area contributed by atoms with Crippen LogP contribution in [0.4, 0.5) is 0 Å². The van der Waals surface area contributed by atoms with E-state index in [4.69, 9.17) is 17.3 Å². The highest BCUT2D eigenvalue weighted by molar-refractivity contribution is 6.30. The van der Waals surface area contributed by atoms with Crippen LogP contribution in [0, 0.1) is 5.92 Å². The van der Waals surface area contributed by atoms with Crippen LogP contribution in [0.3, 0.4) is 0 Å². The zero-order chi connectivity index (χ0) is 13.8. The number of hydrogen-bond donors (Lipinski definition) is 2. The monoisotopic (exact) mass is 304 g/mol. The van der Waals surface area contributed by atoms with Crippen LogP contribution in [0.2, 0.25) is 5.02 Å². The quantitative estimate of drug-likeness (QED) is 0.877. The molecule has 5 heteroatoms. The van der Waals surface area contributed by atoms with E-state index in [0.717, 1.165) is 6.42 Å². The van der Waals surface area contributed by atoms with E-state index in [0.29, 0.717) is 23.0 Å². The van der Waals surface area contributed by atoms with Gasteiger partial charge in [0, 0.05) is 22.7 Å². The van der Waals surface area contributed by atoms with E-state index in [1.807, 2.05) is 6.92 Å². The summed E-state index contributed by atoms with van der Waals surface area (Å²) in [4.78, 5) is 12.1. The van der Waals surface area contributed by atoms with Crippen molar-refractivity contribution in [3.63, 3.8) is 0 Å². The molecule has 1 aromatic carbocycles. The van der Waals surface area contributed by atoms with Crippen molar-refractivity contribution in [3.8, 4) is 0 Å². The number of amides is 1. The highest BCUT2D eigenvalue weighted by atomic mass is 35.5. The predicted molar refractivity (Wildman–Crippen MR) is 83.1 cm³/mol. The van der Waals surface area contributed by atoms with Crippen molar-refractivity contribution >= 4 is 29.9 Å². The van der Waals surface area contributed by atoms with Crippen molar-refractivity contribution in [1.29, 1.82) is 0 Å². The van der Waals surface area contributed by atoms with Gasteiger partial charge in [0.25, 0.3) is 5.91 Å². The Hall–Kier alpha value is -0.770. The number of benzene rings is 1. The number of carbonyl (C=O) groups excluding carboxylic acids is 1. The molecule has 1 unspecified atom stereocenters. The van der Waals surface area contributed by atoms with Crippen molar-refractivity contribution in [2.45, 2.75) is 32.7 Å². The van der Waals surface area contributed by atoms with Gasteiger partial charge in [0.1, 0.15) is 0 Å². The van der Waals surface area contributed by atoms with Crippen LogP contribution in [0.25, 0.3) is 0 Å². The van der Waals surface area contributed by atoms with Crippen molar-refractivity contribution in [2.75, 3.05) is 6.54 Å². The molecule has 0 bridgehead atoms. The normalized spacial score (nSPS) is 13.6. The molecule has 0 heterocycles. The topological polar surface area (TPSA) is 55.1 Å². The number of rotatable bonds is 5. The third-order valence-electron chi connectivity index (χ3n) is 2.83. The molecule has 0 aliphatic rings. The first-order valence-corrected chi connectivity index (χ1v) is 6.52. The lowest BCUT2D eigenvalue weighted by Crippen LogP contribution is -2.52. The smallest absolute Gasteiger partial charge is 0.251 e. The summed E-state index contributed by atoms with van der Waals surface area (Å²) in [6.45, 7) is 6.62. The lowest BCUT2D eigenvalue weighted by Gasteiger charge is -2.31. The van der Waals surface area contributed by atoms with Crippen molar-refractivity contribution < 1.29 is 4.79 Å². The van der Waals surface area contributed by atoms with E-state index in [1.165, 1.54) is 0 Å². The molecule has 1 rings (SSSR count). The lowest BCUT2D eigenvalue weighted by atomic mass is 9.90. The fraction of sp³-hybridized carbons (Fsp3) is 0.500. The first-order chi connectivity index (χ1) is 8.36. The van der Waals surface area contributed by atoms with Gasteiger partial charge in [-0.25, -0.2) is 0 Å².